The SMILES string of the molecule is N#Cc1c(N)c(-[n+]2ccccc2)c([O-])c(C#N)c1-c1ccccc1. The lowest BCUT2D eigenvalue weighted by Gasteiger charge is -2.18. The Labute approximate surface area is 139 Å². The summed E-state index contributed by atoms with van der Waals surface area (Å²) in [6.45, 7) is 0. The lowest BCUT2D eigenvalue weighted by Crippen LogP contribution is -2.32. The highest BCUT2D eigenvalue weighted by molar-refractivity contribution is 5.88. The number of nitrogens with zero attached hydrogens (tertiary/aromatic N) is 3. The Morgan fingerprint density at radius 3 is 2.04 bits per heavy atom. The van der Waals surface area contributed by atoms with E-state index in [1.165, 1.54) is 4.57 Å². The molecule has 24 heavy (non-hydrogen) atoms. The molecular formula is C19H12N4O. The molecule has 5 heteroatoms. The van der Waals surface area contributed by atoms with E-state index in [-0.39, 0.29) is 28.1 Å². The summed E-state index contributed by atoms with van der Waals surface area (Å²) in [5.41, 5.74) is 7.25. The van der Waals surface area contributed by atoms with Crippen LogP contribution in [0, 0.1) is 22.7 Å². The van der Waals surface area contributed by atoms with Crippen molar-refractivity contribution in [2.75, 3.05) is 5.73 Å². The minimum atomic E-state index is -0.496. The van der Waals surface area contributed by atoms with Gasteiger partial charge in [0.2, 0.25) is 5.69 Å². The average molecular weight is 312 g/mol. The lowest BCUT2D eigenvalue weighted by atomic mass is 9.92. The Bertz CT molecular complexity index is 943. The molecule has 3 aromatic rings. The topological polar surface area (TPSA) is 101 Å². The van der Waals surface area contributed by atoms with E-state index in [9.17, 15) is 15.6 Å². The van der Waals surface area contributed by atoms with Gasteiger partial charge in [-0.1, -0.05) is 36.4 Å². The normalized spacial score (nSPS) is 9.92. The first-order valence-electron chi connectivity index (χ1n) is 7.17. The number of aromatic nitrogens is 1. The molecule has 0 aliphatic heterocycles. The highest BCUT2D eigenvalue weighted by Gasteiger charge is 2.24. The van der Waals surface area contributed by atoms with E-state index in [2.05, 4.69) is 0 Å². The summed E-state index contributed by atoms with van der Waals surface area (Å²) >= 11 is 0. The van der Waals surface area contributed by atoms with Gasteiger partial charge >= 0.3 is 0 Å². The van der Waals surface area contributed by atoms with Crippen LogP contribution in [0.5, 0.6) is 5.75 Å². The van der Waals surface area contributed by atoms with Crippen LogP contribution >= 0.6 is 0 Å². The molecule has 0 bridgehead atoms. The first-order valence-corrected chi connectivity index (χ1v) is 7.17. The van der Waals surface area contributed by atoms with Crippen molar-refractivity contribution >= 4 is 5.69 Å². The van der Waals surface area contributed by atoms with Crippen LogP contribution in [0.3, 0.4) is 0 Å². The number of hydrogen-bond donors (Lipinski definition) is 1. The monoisotopic (exact) mass is 312 g/mol. The zero-order valence-electron chi connectivity index (χ0n) is 12.6. The summed E-state index contributed by atoms with van der Waals surface area (Å²) in [5, 5.41) is 32.0. The molecule has 0 saturated carbocycles. The van der Waals surface area contributed by atoms with Gasteiger partial charge in [-0.05, 0) is 11.3 Å². The van der Waals surface area contributed by atoms with Crippen molar-refractivity contribution in [1.29, 1.82) is 10.5 Å². The third-order valence-corrected chi connectivity index (χ3v) is 3.73. The Morgan fingerprint density at radius 1 is 0.875 bits per heavy atom. The average Bonchev–Trinajstić information content (AvgIpc) is 2.63. The quantitative estimate of drug-likeness (QED) is 0.578. The lowest BCUT2D eigenvalue weighted by molar-refractivity contribution is -0.599. The fraction of sp³-hybridized carbons (Fsp3) is 0. The van der Waals surface area contributed by atoms with Gasteiger partial charge in [0.25, 0.3) is 0 Å². The van der Waals surface area contributed by atoms with Crippen molar-refractivity contribution < 1.29 is 9.67 Å². The van der Waals surface area contributed by atoms with Gasteiger partial charge in [0.1, 0.15) is 11.8 Å². The van der Waals surface area contributed by atoms with Crippen LogP contribution < -0.4 is 15.4 Å². The summed E-state index contributed by atoms with van der Waals surface area (Å²) in [4.78, 5) is 0. The van der Waals surface area contributed by atoms with E-state index in [4.69, 9.17) is 5.73 Å². The molecule has 0 atom stereocenters. The van der Waals surface area contributed by atoms with E-state index in [1.54, 1.807) is 54.9 Å². The van der Waals surface area contributed by atoms with Crippen LogP contribution in [0.4, 0.5) is 5.69 Å². The molecule has 3 rings (SSSR count). The maximum absolute atomic E-state index is 12.9. The molecule has 5 nitrogen and oxygen atoms in total. The first kappa shape index (κ1) is 15.1. The number of pyridine rings is 1. The molecule has 114 valence electrons. The molecule has 0 spiro atoms. The molecule has 0 aliphatic rings. The summed E-state index contributed by atoms with van der Waals surface area (Å²) in [7, 11) is 0. The van der Waals surface area contributed by atoms with Gasteiger partial charge in [-0.3, -0.25) is 0 Å². The predicted molar refractivity (Wildman–Crippen MR) is 86.7 cm³/mol. The highest BCUT2D eigenvalue weighted by atomic mass is 16.3. The second-order valence-corrected chi connectivity index (χ2v) is 5.09. The predicted octanol–water partition coefficient (Wildman–Crippen LogP) is 2.03. The summed E-state index contributed by atoms with van der Waals surface area (Å²) in [6, 6.07) is 18.1. The van der Waals surface area contributed by atoms with Gasteiger partial charge in [0.05, 0.1) is 17.2 Å². The van der Waals surface area contributed by atoms with Gasteiger partial charge in [-0.15, -0.1) is 0 Å². The molecule has 2 N–H and O–H groups in total. The molecule has 0 saturated heterocycles. The number of nitrogens with two attached hydrogens (primary N) is 1. The number of rotatable bonds is 2. The smallest absolute Gasteiger partial charge is 0.228 e. The second-order valence-electron chi connectivity index (χ2n) is 5.09. The molecule has 1 heterocycles. The number of nitriles is 2. The van der Waals surface area contributed by atoms with Crippen molar-refractivity contribution in [2.45, 2.75) is 0 Å². The van der Waals surface area contributed by atoms with Crippen molar-refractivity contribution in [3.63, 3.8) is 0 Å². The van der Waals surface area contributed by atoms with Crippen molar-refractivity contribution in [1.82, 2.24) is 0 Å². The fourth-order valence-electron chi connectivity index (χ4n) is 2.65. The van der Waals surface area contributed by atoms with Crippen LogP contribution in [0.15, 0.2) is 60.9 Å². The molecule has 0 aliphatic carbocycles. The van der Waals surface area contributed by atoms with E-state index in [0.29, 0.717) is 5.56 Å². The van der Waals surface area contributed by atoms with Crippen molar-refractivity contribution in [3.8, 4) is 34.7 Å². The molecule has 2 aromatic carbocycles. The molecule has 1 aromatic heterocycles. The fourth-order valence-corrected chi connectivity index (χ4v) is 2.65. The zero-order valence-corrected chi connectivity index (χ0v) is 12.6. The molecule has 0 amide bonds. The highest BCUT2D eigenvalue weighted by Crippen LogP contribution is 2.39. The van der Waals surface area contributed by atoms with E-state index in [1.807, 2.05) is 18.2 Å². The standard InChI is InChI=1S/C19H12N4O/c20-11-14-16(13-7-3-1-4-8-13)15(12-21)19(24)18(17(14)22)23-9-5-2-6-10-23/h1-10H,22H2. The number of nitrogen functional groups attached to an aromatic ring is 1. The molecule has 0 fully saturated rings. The third-order valence-electron chi connectivity index (χ3n) is 3.73. The number of hydrogen-bond acceptors (Lipinski definition) is 4. The van der Waals surface area contributed by atoms with Crippen molar-refractivity contribution in [3.05, 3.63) is 72.1 Å². The van der Waals surface area contributed by atoms with Gasteiger partial charge in [0, 0.05) is 17.7 Å². The van der Waals surface area contributed by atoms with E-state index >= 15 is 0 Å². The van der Waals surface area contributed by atoms with Gasteiger partial charge in [-0.2, -0.15) is 15.1 Å². The number of benzene rings is 2. The van der Waals surface area contributed by atoms with Crippen molar-refractivity contribution in [2.24, 2.45) is 0 Å². The van der Waals surface area contributed by atoms with Gasteiger partial charge in [-0.25, -0.2) is 0 Å². The largest absolute Gasteiger partial charge is 0.867 e. The van der Waals surface area contributed by atoms with Crippen LogP contribution in [0.1, 0.15) is 11.1 Å². The van der Waals surface area contributed by atoms with Gasteiger partial charge < -0.3 is 10.8 Å². The van der Waals surface area contributed by atoms with E-state index < -0.39 is 5.75 Å². The number of anilines is 1. The summed E-state index contributed by atoms with van der Waals surface area (Å²) in [6.07, 6.45) is 3.30. The Kier molecular flexibility index (Phi) is 3.84. The maximum Gasteiger partial charge on any atom is 0.228 e. The Balaban J connectivity index is 2.44. The van der Waals surface area contributed by atoms with E-state index in [0.717, 1.165) is 0 Å². The van der Waals surface area contributed by atoms with Crippen LogP contribution in [-0.4, -0.2) is 0 Å². The first-order chi connectivity index (χ1) is 11.7. The molecule has 0 unspecified atom stereocenters. The minimum Gasteiger partial charge on any atom is -0.867 e. The Hall–Kier alpha value is -3.83. The van der Waals surface area contributed by atoms with Crippen LogP contribution in [0.2, 0.25) is 0 Å². The summed E-state index contributed by atoms with van der Waals surface area (Å²) < 4.78 is 1.52. The van der Waals surface area contributed by atoms with Crippen LogP contribution in [0.25, 0.3) is 16.8 Å². The molecule has 0 radical (unpaired) electrons. The zero-order chi connectivity index (χ0) is 17.1. The molecular weight excluding hydrogens is 300 g/mol. The maximum atomic E-state index is 12.9. The van der Waals surface area contributed by atoms with Crippen LogP contribution in [-0.2, 0) is 0 Å². The van der Waals surface area contributed by atoms with Gasteiger partial charge in [0.15, 0.2) is 12.4 Å². The summed E-state index contributed by atoms with van der Waals surface area (Å²) in [5.74, 6) is -0.496. The Morgan fingerprint density at radius 2 is 1.46 bits per heavy atom. The third kappa shape index (κ3) is 2.31. The second kappa shape index (κ2) is 6.12. The minimum absolute atomic E-state index is 0.0663.